The molecular formula is C25H30ClN4O2PS. The smallest absolute Gasteiger partial charge is 0.152 e. The number of hydrogen-bond acceptors (Lipinski definition) is 5. The number of H-pyrrole nitrogens is 1. The molecule has 2 heterocycles. The van der Waals surface area contributed by atoms with Crippen molar-refractivity contribution in [3.05, 3.63) is 70.4 Å². The van der Waals surface area contributed by atoms with Crippen molar-refractivity contribution in [2.24, 2.45) is 0 Å². The van der Waals surface area contributed by atoms with Gasteiger partial charge in [-0.3, -0.25) is 10.00 Å². The van der Waals surface area contributed by atoms with Gasteiger partial charge in [-0.15, -0.1) is 8.86 Å². The standard InChI is InChI=1S/C13H15N3.C12H15ClNO2PS/c1-14-11-6-4-10(5-7-11)13-8-12(15-16-13)9-2-3-9;13-12-2-1-10(9-17)7-11(12)8-14-3-5-18(15,16)6-4-14/h4-9,14H,2-3H2,1H3,(H,15,16);1-2,7,9,17H,3-6,8H2. The van der Waals surface area contributed by atoms with Gasteiger partial charge in [0.05, 0.1) is 17.2 Å². The first-order valence-corrected chi connectivity index (χ1v) is 14.2. The van der Waals surface area contributed by atoms with Crippen LogP contribution in [0.25, 0.3) is 11.3 Å². The zero-order valence-corrected chi connectivity index (χ0v) is 21.8. The van der Waals surface area contributed by atoms with Gasteiger partial charge in [-0.05, 0) is 60.1 Å². The molecule has 2 fully saturated rings. The number of halogens is 1. The molecule has 0 bridgehead atoms. The summed E-state index contributed by atoms with van der Waals surface area (Å²) < 4.78 is 22.7. The summed E-state index contributed by atoms with van der Waals surface area (Å²) in [7, 11) is 2.45. The number of aromatic amines is 1. The van der Waals surface area contributed by atoms with Gasteiger partial charge in [-0.1, -0.05) is 29.8 Å². The number of anilines is 1. The van der Waals surface area contributed by atoms with E-state index in [2.05, 4.69) is 59.6 Å². The van der Waals surface area contributed by atoms with Gasteiger partial charge < -0.3 is 5.32 Å². The zero-order valence-electron chi connectivity index (χ0n) is 19.2. The molecule has 0 atom stereocenters. The fourth-order valence-corrected chi connectivity index (χ4v) is 5.48. The van der Waals surface area contributed by atoms with Crippen LogP contribution in [0.5, 0.6) is 0 Å². The lowest BCUT2D eigenvalue weighted by Crippen LogP contribution is -2.39. The quantitative estimate of drug-likeness (QED) is 0.457. The highest BCUT2D eigenvalue weighted by Gasteiger charge is 2.25. The lowest BCUT2D eigenvalue weighted by Gasteiger charge is -2.26. The molecule has 2 aromatic carbocycles. The predicted octanol–water partition coefficient (Wildman–Crippen LogP) is 4.86. The maximum atomic E-state index is 11.4. The number of benzene rings is 2. The second-order valence-corrected chi connectivity index (χ2v) is 11.7. The summed E-state index contributed by atoms with van der Waals surface area (Å²) in [5.41, 5.74) is 6.71. The first-order chi connectivity index (χ1) is 16.4. The van der Waals surface area contributed by atoms with Crippen LogP contribution in [0.15, 0.2) is 48.5 Å². The lowest BCUT2D eigenvalue weighted by molar-refractivity contribution is 0.288. The summed E-state index contributed by atoms with van der Waals surface area (Å²) >= 11 is 6.15. The van der Waals surface area contributed by atoms with Gasteiger partial charge in [-0.2, -0.15) is 5.10 Å². The summed E-state index contributed by atoms with van der Waals surface area (Å²) in [5, 5.41) is 11.3. The monoisotopic (exact) mass is 516 g/mol. The summed E-state index contributed by atoms with van der Waals surface area (Å²) in [6, 6.07) is 16.3. The van der Waals surface area contributed by atoms with Crippen LogP contribution in [0.3, 0.4) is 0 Å². The van der Waals surface area contributed by atoms with Gasteiger partial charge >= 0.3 is 0 Å². The summed E-state index contributed by atoms with van der Waals surface area (Å²) in [6.07, 6.45) is 2.61. The molecule has 0 amide bonds. The first kappa shape index (κ1) is 24.9. The van der Waals surface area contributed by atoms with Crippen molar-refractivity contribution < 1.29 is 8.42 Å². The Balaban J connectivity index is 0.000000162. The molecule has 1 aliphatic carbocycles. The van der Waals surface area contributed by atoms with Crippen LogP contribution in [0.4, 0.5) is 5.69 Å². The maximum absolute atomic E-state index is 11.4. The fraction of sp³-hybridized carbons (Fsp3) is 0.360. The van der Waals surface area contributed by atoms with Crippen LogP contribution >= 0.6 is 20.5 Å². The molecule has 1 aliphatic heterocycles. The number of nitrogens with zero attached hydrogens (tertiary/aromatic N) is 2. The van der Waals surface area contributed by atoms with E-state index < -0.39 is 9.84 Å². The molecule has 2 aliphatic rings. The second kappa shape index (κ2) is 11.0. The molecule has 0 spiro atoms. The highest BCUT2D eigenvalue weighted by atomic mass is 35.5. The summed E-state index contributed by atoms with van der Waals surface area (Å²) in [4.78, 5) is 2.12. The Morgan fingerprint density at radius 2 is 1.85 bits per heavy atom. The number of nitrogens with one attached hydrogen (secondary N) is 2. The molecule has 180 valence electrons. The highest BCUT2D eigenvalue weighted by molar-refractivity contribution is 7.91. The van der Waals surface area contributed by atoms with Crippen molar-refractivity contribution in [1.29, 1.82) is 0 Å². The van der Waals surface area contributed by atoms with Gasteiger partial charge in [0, 0.05) is 54.6 Å². The first-order valence-electron chi connectivity index (χ1n) is 11.4. The van der Waals surface area contributed by atoms with E-state index in [1.165, 1.54) is 24.1 Å². The molecule has 1 saturated heterocycles. The van der Waals surface area contributed by atoms with Crippen molar-refractivity contribution in [1.82, 2.24) is 15.1 Å². The fourth-order valence-electron chi connectivity index (χ4n) is 3.85. The Labute approximate surface area is 208 Å². The van der Waals surface area contributed by atoms with Gasteiger partial charge in [0.15, 0.2) is 9.84 Å². The molecule has 2 N–H and O–H groups in total. The van der Waals surface area contributed by atoms with Gasteiger partial charge in [0.1, 0.15) is 0 Å². The van der Waals surface area contributed by atoms with E-state index in [-0.39, 0.29) is 11.5 Å². The number of aromatic nitrogens is 2. The zero-order chi connectivity index (χ0) is 24.1. The van der Waals surface area contributed by atoms with Gasteiger partial charge in [-0.25, -0.2) is 8.42 Å². The van der Waals surface area contributed by atoms with Crippen molar-refractivity contribution in [2.75, 3.05) is 37.0 Å². The summed E-state index contributed by atoms with van der Waals surface area (Å²) in [5.74, 6) is 3.06. The molecule has 9 heteroatoms. The Morgan fingerprint density at radius 3 is 2.47 bits per heavy atom. The molecule has 6 nitrogen and oxygen atoms in total. The van der Waals surface area contributed by atoms with Crippen LogP contribution in [-0.2, 0) is 16.4 Å². The number of rotatable bonds is 6. The SMILES string of the molecule is CNc1ccc(-c2cc(C3CC3)[nH]n2)cc1.O=S1(=O)CCN(Cc2cc(C=P)ccc2Cl)CC1. The third-order valence-corrected chi connectivity index (χ3v) is 8.46. The normalized spacial score (nSPS) is 17.5. The topological polar surface area (TPSA) is 78.1 Å². The Morgan fingerprint density at radius 1 is 1.15 bits per heavy atom. The molecule has 5 rings (SSSR count). The van der Waals surface area contributed by atoms with E-state index in [0.717, 1.165) is 33.4 Å². The van der Waals surface area contributed by atoms with Crippen LogP contribution in [0, 0.1) is 0 Å². The maximum Gasteiger partial charge on any atom is 0.152 e. The number of sulfone groups is 1. The third-order valence-electron chi connectivity index (χ3n) is 6.15. The minimum absolute atomic E-state index is 0.245. The van der Waals surface area contributed by atoms with Crippen LogP contribution in [0.2, 0.25) is 5.02 Å². The Bertz CT molecular complexity index is 1230. The minimum atomic E-state index is -2.82. The average molecular weight is 517 g/mol. The van der Waals surface area contributed by atoms with E-state index >= 15 is 0 Å². The summed E-state index contributed by atoms with van der Waals surface area (Å²) in [6.45, 7) is 1.86. The van der Waals surface area contributed by atoms with E-state index in [1.54, 1.807) is 0 Å². The predicted molar refractivity (Wildman–Crippen MR) is 144 cm³/mol. The molecule has 34 heavy (non-hydrogen) atoms. The molecule has 0 radical (unpaired) electrons. The molecule has 0 unspecified atom stereocenters. The van der Waals surface area contributed by atoms with E-state index in [9.17, 15) is 8.42 Å². The van der Waals surface area contributed by atoms with Crippen LogP contribution < -0.4 is 5.32 Å². The largest absolute Gasteiger partial charge is 0.388 e. The van der Waals surface area contributed by atoms with E-state index in [1.807, 2.05) is 31.0 Å². The van der Waals surface area contributed by atoms with Gasteiger partial charge in [0.25, 0.3) is 0 Å². The minimum Gasteiger partial charge on any atom is -0.388 e. The molecular weight excluding hydrogens is 487 g/mol. The van der Waals surface area contributed by atoms with Gasteiger partial charge in [0.2, 0.25) is 0 Å². The second-order valence-electron chi connectivity index (χ2n) is 8.73. The van der Waals surface area contributed by atoms with E-state index in [0.29, 0.717) is 19.6 Å². The lowest BCUT2D eigenvalue weighted by atomic mass is 10.1. The Hall–Kier alpha value is -2.18. The number of hydrogen-bond donors (Lipinski definition) is 2. The van der Waals surface area contributed by atoms with Crippen molar-refractivity contribution in [2.45, 2.75) is 25.3 Å². The van der Waals surface area contributed by atoms with Crippen molar-refractivity contribution in [3.63, 3.8) is 0 Å². The highest BCUT2D eigenvalue weighted by Crippen LogP contribution is 2.39. The van der Waals surface area contributed by atoms with E-state index in [4.69, 9.17) is 11.6 Å². The van der Waals surface area contributed by atoms with Crippen LogP contribution in [0.1, 0.15) is 35.6 Å². The van der Waals surface area contributed by atoms with Crippen LogP contribution in [-0.4, -0.2) is 61.0 Å². The molecule has 3 aromatic rings. The molecule has 1 aromatic heterocycles. The average Bonchev–Trinajstić information content (AvgIpc) is 3.58. The molecule has 1 saturated carbocycles. The Kier molecular flexibility index (Phi) is 8.10. The van der Waals surface area contributed by atoms with Crippen molar-refractivity contribution in [3.8, 4) is 11.3 Å². The third kappa shape index (κ3) is 6.70. The van der Waals surface area contributed by atoms with Crippen molar-refractivity contribution >= 4 is 41.8 Å².